The van der Waals surface area contributed by atoms with Crippen LogP contribution in [0, 0.1) is 15.9 Å². The van der Waals surface area contributed by atoms with Crippen LogP contribution in [0.25, 0.3) is 11.1 Å². The van der Waals surface area contributed by atoms with Gasteiger partial charge in [-0.05, 0) is 48.4 Å². The Hall–Kier alpha value is -4.54. The number of fused-ring (bicyclic) bond motifs is 1. The quantitative estimate of drug-likeness (QED) is 0.292. The average molecular weight is 466 g/mol. The highest BCUT2D eigenvalue weighted by molar-refractivity contribution is 5.76. The van der Waals surface area contributed by atoms with E-state index in [1.165, 1.54) is 47.0 Å². The molecular formula is C23H19FN4O6. The van der Waals surface area contributed by atoms with Crippen LogP contribution in [0.2, 0.25) is 0 Å². The number of ether oxygens (including phenoxy) is 1. The van der Waals surface area contributed by atoms with Crippen molar-refractivity contribution in [3.05, 3.63) is 92.8 Å². The summed E-state index contributed by atoms with van der Waals surface area (Å²) in [5.41, 5.74) is 1.15. The standard InChI is InChI=1S/C23H19FN4O6/c24-16-3-6-18(7-4-16)33-22-12-15(9-10-25-22)14-26-21(29)2-1-11-27-19-8-5-17(28(31)32)13-20(19)34-23(27)30/h3-10,12-13H,1-2,11,14H2,(H,26,29). The maximum absolute atomic E-state index is 13.0. The van der Waals surface area contributed by atoms with E-state index in [2.05, 4.69) is 10.3 Å². The van der Waals surface area contributed by atoms with Crippen LogP contribution in [0.3, 0.4) is 0 Å². The van der Waals surface area contributed by atoms with Crippen molar-refractivity contribution in [1.29, 1.82) is 0 Å². The summed E-state index contributed by atoms with van der Waals surface area (Å²) in [6, 6.07) is 12.9. The van der Waals surface area contributed by atoms with Crippen LogP contribution in [-0.4, -0.2) is 20.4 Å². The lowest BCUT2D eigenvalue weighted by Gasteiger charge is -2.08. The molecule has 0 unspecified atom stereocenters. The van der Waals surface area contributed by atoms with Crippen molar-refractivity contribution in [3.8, 4) is 11.6 Å². The van der Waals surface area contributed by atoms with Crippen LogP contribution in [0.5, 0.6) is 11.6 Å². The van der Waals surface area contributed by atoms with Gasteiger partial charge in [-0.2, -0.15) is 0 Å². The molecule has 11 heteroatoms. The molecule has 34 heavy (non-hydrogen) atoms. The molecular weight excluding hydrogens is 447 g/mol. The van der Waals surface area contributed by atoms with Crippen LogP contribution >= 0.6 is 0 Å². The molecule has 4 rings (SSSR count). The van der Waals surface area contributed by atoms with Gasteiger partial charge in [0, 0.05) is 37.8 Å². The number of oxazole rings is 1. The van der Waals surface area contributed by atoms with E-state index in [0.717, 1.165) is 5.56 Å². The number of hydrogen-bond donors (Lipinski definition) is 1. The number of non-ortho nitro benzene ring substituents is 1. The number of pyridine rings is 1. The fourth-order valence-corrected chi connectivity index (χ4v) is 3.31. The monoisotopic (exact) mass is 466 g/mol. The molecule has 2 aromatic heterocycles. The Morgan fingerprint density at radius 1 is 1.18 bits per heavy atom. The maximum Gasteiger partial charge on any atom is 0.419 e. The van der Waals surface area contributed by atoms with Gasteiger partial charge in [0.2, 0.25) is 11.8 Å². The first-order valence-corrected chi connectivity index (χ1v) is 10.3. The van der Waals surface area contributed by atoms with E-state index in [-0.39, 0.29) is 42.5 Å². The summed E-state index contributed by atoms with van der Waals surface area (Å²) in [5, 5.41) is 13.7. The highest BCUT2D eigenvalue weighted by Crippen LogP contribution is 2.21. The second kappa shape index (κ2) is 9.94. The van der Waals surface area contributed by atoms with Gasteiger partial charge in [0.15, 0.2) is 5.58 Å². The molecule has 2 heterocycles. The number of nitro groups is 1. The molecule has 0 saturated heterocycles. The number of nitrogens with one attached hydrogen (secondary N) is 1. The van der Waals surface area contributed by atoms with Gasteiger partial charge in [0.1, 0.15) is 11.6 Å². The number of nitrogens with zero attached hydrogens (tertiary/aromatic N) is 3. The Kier molecular flexibility index (Phi) is 6.62. The zero-order valence-electron chi connectivity index (χ0n) is 17.8. The highest BCUT2D eigenvalue weighted by Gasteiger charge is 2.14. The molecule has 0 fully saturated rings. The van der Waals surface area contributed by atoms with Crippen LogP contribution in [0.15, 0.2) is 70.0 Å². The lowest BCUT2D eigenvalue weighted by atomic mass is 10.2. The number of amides is 1. The van der Waals surface area contributed by atoms with Crippen LogP contribution in [0.4, 0.5) is 10.1 Å². The SMILES string of the molecule is O=C(CCCn1c(=O)oc2cc([N+](=O)[O-])ccc21)NCc1ccnc(Oc2ccc(F)cc2)c1. The Morgan fingerprint density at radius 3 is 2.74 bits per heavy atom. The largest absolute Gasteiger partial charge is 0.439 e. The van der Waals surface area contributed by atoms with Gasteiger partial charge in [-0.1, -0.05) is 0 Å². The number of halogens is 1. The van der Waals surface area contributed by atoms with Crippen molar-refractivity contribution in [2.45, 2.75) is 25.9 Å². The number of rotatable bonds is 9. The van der Waals surface area contributed by atoms with Crippen molar-refractivity contribution in [2.75, 3.05) is 0 Å². The molecule has 1 N–H and O–H groups in total. The smallest absolute Gasteiger partial charge is 0.419 e. The number of benzene rings is 2. The Balaban J connectivity index is 1.29. The minimum absolute atomic E-state index is 0.125. The third-order valence-electron chi connectivity index (χ3n) is 4.97. The van der Waals surface area contributed by atoms with Gasteiger partial charge in [-0.3, -0.25) is 19.5 Å². The molecule has 0 atom stereocenters. The Labute approximate surface area is 191 Å². The van der Waals surface area contributed by atoms with E-state index in [0.29, 0.717) is 23.6 Å². The van der Waals surface area contributed by atoms with Gasteiger partial charge in [0.05, 0.1) is 16.5 Å². The minimum atomic E-state index is -0.638. The zero-order valence-corrected chi connectivity index (χ0v) is 17.8. The first kappa shape index (κ1) is 22.6. The van der Waals surface area contributed by atoms with Crippen molar-refractivity contribution >= 4 is 22.7 Å². The predicted octanol–water partition coefficient (Wildman–Crippen LogP) is 3.93. The molecule has 174 valence electrons. The molecule has 0 saturated carbocycles. The van der Waals surface area contributed by atoms with Crippen LogP contribution < -0.4 is 15.8 Å². The highest BCUT2D eigenvalue weighted by atomic mass is 19.1. The lowest BCUT2D eigenvalue weighted by molar-refractivity contribution is -0.384. The van der Waals surface area contributed by atoms with Crippen LogP contribution in [-0.2, 0) is 17.9 Å². The molecule has 0 aliphatic heterocycles. The topological polar surface area (TPSA) is 130 Å². The van der Waals surface area contributed by atoms with E-state index in [1.54, 1.807) is 18.3 Å². The number of aromatic nitrogens is 2. The lowest BCUT2D eigenvalue weighted by Crippen LogP contribution is -2.23. The van der Waals surface area contributed by atoms with E-state index in [9.17, 15) is 24.1 Å². The average Bonchev–Trinajstić information content (AvgIpc) is 3.14. The summed E-state index contributed by atoms with van der Waals surface area (Å²) >= 11 is 0. The van der Waals surface area contributed by atoms with Gasteiger partial charge >= 0.3 is 5.76 Å². The maximum atomic E-state index is 13.0. The summed E-state index contributed by atoms with van der Waals surface area (Å²) in [5.74, 6) is -0.473. The normalized spacial score (nSPS) is 10.9. The molecule has 0 radical (unpaired) electrons. The second-order valence-electron chi connectivity index (χ2n) is 7.37. The molecule has 0 aliphatic carbocycles. The number of nitro benzene ring substituents is 1. The molecule has 2 aromatic carbocycles. The third-order valence-corrected chi connectivity index (χ3v) is 4.97. The van der Waals surface area contributed by atoms with Crippen molar-refractivity contribution in [2.24, 2.45) is 0 Å². The van der Waals surface area contributed by atoms with E-state index < -0.39 is 10.7 Å². The summed E-state index contributed by atoms with van der Waals surface area (Å²) in [4.78, 5) is 38.7. The third kappa shape index (κ3) is 5.44. The van der Waals surface area contributed by atoms with Crippen molar-refractivity contribution in [1.82, 2.24) is 14.9 Å². The molecule has 4 aromatic rings. The van der Waals surface area contributed by atoms with Gasteiger partial charge in [-0.15, -0.1) is 0 Å². The minimum Gasteiger partial charge on any atom is -0.439 e. The van der Waals surface area contributed by atoms with Crippen LogP contribution in [0.1, 0.15) is 18.4 Å². The molecule has 10 nitrogen and oxygen atoms in total. The van der Waals surface area contributed by atoms with E-state index >= 15 is 0 Å². The number of carbonyl (C=O) groups excluding carboxylic acids is 1. The first-order valence-electron chi connectivity index (χ1n) is 10.3. The summed E-state index contributed by atoms with van der Waals surface area (Å²) in [7, 11) is 0. The molecule has 0 spiro atoms. The van der Waals surface area contributed by atoms with Gasteiger partial charge in [-0.25, -0.2) is 14.2 Å². The fraction of sp³-hybridized carbons (Fsp3) is 0.174. The fourth-order valence-electron chi connectivity index (χ4n) is 3.31. The summed E-state index contributed by atoms with van der Waals surface area (Å²) in [6.45, 7) is 0.474. The summed E-state index contributed by atoms with van der Waals surface area (Å²) in [6.07, 6.45) is 2.07. The summed E-state index contributed by atoms with van der Waals surface area (Å²) < 4.78 is 25.0. The Morgan fingerprint density at radius 2 is 1.97 bits per heavy atom. The predicted molar refractivity (Wildman–Crippen MR) is 119 cm³/mol. The molecule has 0 bridgehead atoms. The number of hydrogen-bond acceptors (Lipinski definition) is 7. The number of aryl methyl sites for hydroxylation is 1. The molecule has 1 amide bonds. The molecule has 0 aliphatic rings. The van der Waals surface area contributed by atoms with Crippen molar-refractivity contribution in [3.63, 3.8) is 0 Å². The van der Waals surface area contributed by atoms with Gasteiger partial charge < -0.3 is 14.5 Å². The van der Waals surface area contributed by atoms with Crippen molar-refractivity contribution < 1.29 is 23.3 Å². The number of carbonyl (C=O) groups is 1. The second-order valence-corrected chi connectivity index (χ2v) is 7.37. The first-order chi connectivity index (χ1) is 16.4. The van der Waals surface area contributed by atoms with E-state index in [1.807, 2.05) is 0 Å². The Bertz CT molecular complexity index is 1400. The zero-order chi connectivity index (χ0) is 24.1. The van der Waals surface area contributed by atoms with Gasteiger partial charge in [0.25, 0.3) is 5.69 Å². The van der Waals surface area contributed by atoms with E-state index in [4.69, 9.17) is 9.15 Å².